The van der Waals surface area contributed by atoms with Gasteiger partial charge in [-0.3, -0.25) is 14.5 Å². The highest BCUT2D eigenvalue weighted by atomic mass is 35.5. The van der Waals surface area contributed by atoms with Crippen LogP contribution in [0.4, 0.5) is 0 Å². The minimum Gasteiger partial charge on any atom is -0.487 e. The van der Waals surface area contributed by atoms with Crippen molar-refractivity contribution in [3.63, 3.8) is 0 Å². The fourth-order valence-electron chi connectivity index (χ4n) is 3.96. The Labute approximate surface area is 202 Å². The van der Waals surface area contributed by atoms with Crippen LogP contribution in [0.25, 0.3) is 0 Å². The SMILES string of the molecule is C#C.CC1(C)CC(=O)N(CC2CC2)C(N)=N1.Cc1cc2c(cc1Cl)[C@@H](NC=O)CC(C)(C)O2. The van der Waals surface area contributed by atoms with Crippen molar-refractivity contribution in [3.05, 3.63) is 28.3 Å². The number of fused-ring (bicyclic) bond motifs is 1. The van der Waals surface area contributed by atoms with Crippen molar-refractivity contribution in [2.24, 2.45) is 16.6 Å². The van der Waals surface area contributed by atoms with E-state index in [1.54, 1.807) is 4.90 Å². The van der Waals surface area contributed by atoms with Gasteiger partial charge in [0.2, 0.25) is 12.3 Å². The molecule has 7 nitrogen and oxygen atoms in total. The zero-order valence-electron chi connectivity index (χ0n) is 20.2. The average molecular weight is 475 g/mol. The van der Waals surface area contributed by atoms with Crippen LogP contribution < -0.4 is 15.8 Å². The zero-order valence-corrected chi connectivity index (χ0v) is 20.9. The van der Waals surface area contributed by atoms with Gasteiger partial charge in [0, 0.05) is 23.6 Å². The quantitative estimate of drug-likeness (QED) is 0.509. The lowest BCUT2D eigenvalue weighted by Gasteiger charge is -2.37. The number of guanidine groups is 1. The van der Waals surface area contributed by atoms with Gasteiger partial charge < -0.3 is 15.8 Å². The van der Waals surface area contributed by atoms with E-state index in [9.17, 15) is 9.59 Å². The zero-order chi connectivity index (χ0) is 25.0. The highest BCUT2D eigenvalue weighted by molar-refractivity contribution is 6.31. The number of carbonyl (C=O) groups excluding carboxylic acids is 2. The molecule has 2 amide bonds. The van der Waals surface area contributed by atoms with Crippen LogP contribution in [0.15, 0.2) is 17.1 Å². The van der Waals surface area contributed by atoms with E-state index in [4.69, 9.17) is 22.1 Å². The third kappa shape index (κ3) is 7.13. The largest absolute Gasteiger partial charge is 0.487 e. The Kier molecular flexibility index (Phi) is 8.42. The van der Waals surface area contributed by atoms with Gasteiger partial charge in [0.1, 0.15) is 11.4 Å². The van der Waals surface area contributed by atoms with Gasteiger partial charge in [0.25, 0.3) is 0 Å². The van der Waals surface area contributed by atoms with Gasteiger partial charge in [-0.15, -0.1) is 12.8 Å². The summed E-state index contributed by atoms with van der Waals surface area (Å²) in [6.45, 7) is 10.6. The van der Waals surface area contributed by atoms with Gasteiger partial charge in [-0.2, -0.15) is 0 Å². The third-order valence-electron chi connectivity index (χ3n) is 5.73. The molecule has 1 saturated carbocycles. The number of aliphatic imine (C=N–C) groups is 1. The van der Waals surface area contributed by atoms with Crippen LogP contribution in [0.5, 0.6) is 5.75 Å². The molecule has 0 radical (unpaired) electrons. The molecule has 0 bridgehead atoms. The second-order valence-electron chi connectivity index (χ2n) is 9.95. The van der Waals surface area contributed by atoms with E-state index in [1.165, 1.54) is 12.8 Å². The van der Waals surface area contributed by atoms with Crippen molar-refractivity contribution in [1.82, 2.24) is 10.2 Å². The van der Waals surface area contributed by atoms with E-state index in [-0.39, 0.29) is 23.1 Å². The summed E-state index contributed by atoms with van der Waals surface area (Å²) in [7, 11) is 0. The molecule has 2 aliphatic heterocycles. The normalized spacial score (nSPS) is 22.2. The molecule has 3 N–H and O–H groups in total. The molecule has 2 heterocycles. The second-order valence-corrected chi connectivity index (χ2v) is 10.4. The van der Waals surface area contributed by atoms with E-state index in [0.29, 0.717) is 23.3 Å². The van der Waals surface area contributed by atoms with Crippen LogP contribution in [0.3, 0.4) is 0 Å². The minimum absolute atomic E-state index is 0.0376. The Morgan fingerprint density at radius 2 is 1.94 bits per heavy atom. The number of ether oxygens (including phenoxy) is 1. The summed E-state index contributed by atoms with van der Waals surface area (Å²) in [5, 5.41) is 3.52. The first kappa shape index (κ1) is 26.5. The summed E-state index contributed by atoms with van der Waals surface area (Å²) < 4.78 is 5.92. The number of hydrogen-bond donors (Lipinski definition) is 2. The number of carbonyl (C=O) groups is 2. The maximum absolute atomic E-state index is 11.7. The molecule has 0 spiro atoms. The molecule has 0 unspecified atom stereocenters. The lowest BCUT2D eigenvalue weighted by molar-refractivity contribution is -0.129. The molecular formula is C25H35ClN4O3. The summed E-state index contributed by atoms with van der Waals surface area (Å²) in [5.41, 5.74) is 7.10. The van der Waals surface area contributed by atoms with E-state index in [0.717, 1.165) is 36.3 Å². The summed E-state index contributed by atoms with van der Waals surface area (Å²) in [6.07, 6.45) is 12.4. The molecule has 180 valence electrons. The molecule has 33 heavy (non-hydrogen) atoms. The number of benzene rings is 1. The van der Waals surface area contributed by atoms with Crippen molar-refractivity contribution in [2.75, 3.05) is 6.54 Å². The number of nitrogens with two attached hydrogens (primary N) is 1. The molecule has 1 aromatic carbocycles. The smallest absolute Gasteiger partial charge is 0.231 e. The van der Waals surface area contributed by atoms with Crippen molar-refractivity contribution < 1.29 is 14.3 Å². The van der Waals surface area contributed by atoms with Gasteiger partial charge in [-0.1, -0.05) is 11.6 Å². The van der Waals surface area contributed by atoms with Crippen molar-refractivity contribution in [2.45, 2.75) is 77.5 Å². The maximum atomic E-state index is 11.7. The van der Waals surface area contributed by atoms with Crippen molar-refractivity contribution >= 4 is 29.9 Å². The third-order valence-corrected chi connectivity index (χ3v) is 6.14. The van der Waals surface area contributed by atoms with Crippen LogP contribution in [0, 0.1) is 25.7 Å². The van der Waals surface area contributed by atoms with E-state index in [1.807, 2.05) is 46.8 Å². The van der Waals surface area contributed by atoms with Crippen LogP contribution in [-0.4, -0.2) is 40.9 Å². The number of amides is 2. The van der Waals surface area contributed by atoms with Gasteiger partial charge in [0.05, 0.1) is 18.0 Å². The average Bonchev–Trinajstić information content (AvgIpc) is 3.52. The fourth-order valence-corrected chi connectivity index (χ4v) is 4.13. The number of nitrogens with one attached hydrogen (secondary N) is 1. The highest BCUT2D eigenvalue weighted by Gasteiger charge is 2.36. The highest BCUT2D eigenvalue weighted by Crippen LogP contribution is 2.41. The molecule has 1 fully saturated rings. The molecular weight excluding hydrogens is 440 g/mol. The fraction of sp³-hybridized carbons (Fsp3) is 0.560. The van der Waals surface area contributed by atoms with E-state index >= 15 is 0 Å². The van der Waals surface area contributed by atoms with Crippen molar-refractivity contribution in [3.8, 4) is 18.6 Å². The Morgan fingerprint density at radius 3 is 2.48 bits per heavy atom. The minimum atomic E-state index is -0.318. The van der Waals surface area contributed by atoms with Gasteiger partial charge >= 0.3 is 0 Å². The predicted molar refractivity (Wildman–Crippen MR) is 132 cm³/mol. The van der Waals surface area contributed by atoms with Crippen LogP contribution >= 0.6 is 11.6 Å². The Morgan fingerprint density at radius 1 is 1.30 bits per heavy atom. The molecule has 8 heteroatoms. The van der Waals surface area contributed by atoms with Crippen LogP contribution in [-0.2, 0) is 9.59 Å². The maximum Gasteiger partial charge on any atom is 0.231 e. The monoisotopic (exact) mass is 474 g/mol. The Hall–Kier alpha value is -2.72. The Bertz CT molecular complexity index is 935. The number of rotatable bonds is 4. The second kappa shape index (κ2) is 10.5. The van der Waals surface area contributed by atoms with Crippen molar-refractivity contribution in [1.29, 1.82) is 0 Å². The van der Waals surface area contributed by atoms with Gasteiger partial charge in [-0.05, 0) is 71.1 Å². The summed E-state index contributed by atoms with van der Waals surface area (Å²) in [5.74, 6) is 1.99. The van der Waals surface area contributed by atoms with Gasteiger partial charge in [0.15, 0.2) is 5.96 Å². The number of nitrogens with zero attached hydrogens (tertiary/aromatic N) is 2. The molecule has 3 aliphatic rings. The Balaban J connectivity index is 0.000000221. The summed E-state index contributed by atoms with van der Waals surface area (Å²) in [4.78, 5) is 28.4. The standard InChI is InChI=1S/C13H16ClNO2.C10H17N3O.C2H2/c1-8-4-12-9(5-10(8)14)11(15-7-16)6-13(2,3)17-12;1-10(2)5-8(14)13(9(11)12-10)6-7-3-4-7;1-2/h4-5,7,11H,6H2,1-3H3,(H,15,16);7H,3-6H2,1-2H3,(H2,11,12);1-2H/t11-;;/m0../s1. The number of hydrogen-bond acceptors (Lipinski definition) is 5. The topological polar surface area (TPSA) is 97.0 Å². The van der Waals surface area contributed by atoms with Crippen LogP contribution in [0.1, 0.15) is 70.5 Å². The lowest BCUT2D eigenvalue weighted by atomic mass is 9.89. The number of terminal acetylenes is 1. The molecule has 1 aromatic rings. The van der Waals surface area contributed by atoms with E-state index in [2.05, 4.69) is 23.2 Å². The first-order valence-corrected chi connectivity index (χ1v) is 11.5. The number of aryl methyl sites for hydroxylation is 1. The molecule has 0 aromatic heterocycles. The molecule has 1 aliphatic carbocycles. The van der Waals surface area contributed by atoms with E-state index < -0.39 is 0 Å². The molecule has 0 saturated heterocycles. The summed E-state index contributed by atoms with van der Waals surface area (Å²) >= 11 is 6.11. The van der Waals surface area contributed by atoms with Crippen LogP contribution in [0.2, 0.25) is 5.02 Å². The predicted octanol–water partition coefficient (Wildman–Crippen LogP) is 3.97. The first-order chi connectivity index (χ1) is 15.4. The lowest BCUT2D eigenvalue weighted by Crippen LogP contribution is -2.50. The first-order valence-electron chi connectivity index (χ1n) is 11.1. The summed E-state index contributed by atoms with van der Waals surface area (Å²) in [6, 6.07) is 3.77. The molecule has 4 rings (SSSR count). The van der Waals surface area contributed by atoms with Gasteiger partial charge in [-0.25, -0.2) is 4.99 Å². The number of halogens is 1. The molecule has 1 atom stereocenters.